The Morgan fingerprint density at radius 1 is 1.12 bits per heavy atom. The van der Waals surface area contributed by atoms with E-state index in [1.54, 1.807) is 55.6 Å². The summed E-state index contributed by atoms with van der Waals surface area (Å²) in [5.41, 5.74) is 0.627. The SMILES string of the molecule is COc1ccc(NC(=O)CN(C)C(=O)COc2cccc(Cl)c2)cc1. The molecule has 7 heteroatoms. The molecule has 0 bridgehead atoms. The first-order valence-corrected chi connectivity index (χ1v) is 7.92. The molecule has 0 aromatic heterocycles. The van der Waals surface area contributed by atoms with Crippen molar-refractivity contribution < 1.29 is 19.1 Å². The Morgan fingerprint density at radius 2 is 1.84 bits per heavy atom. The molecule has 0 fully saturated rings. The molecular formula is C18H19ClN2O4. The number of hydrogen-bond donors (Lipinski definition) is 1. The van der Waals surface area contributed by atoms with Crippen molar-refractivity contribution in [2.45, 2.75) is 0 Å². The van der Waals surface area contributed by atoms with Crippen molar-refractivity contribution in [3.8, 4) is 11.5 Å². The number of carbonyl (C=O) groups is 2. The molecular weight excluding hydrogens is 344 g/mol. The highest BCUT2D eigenvalue weighted by Gasteiger charge is 2.14. The van der Waals surface area contributed by atoms with Gasteiger partial charge >= 0.3 is 0 Å². The highest BCUT2D eigenvalue weighted by Crippen LogP contribution is 2.17. The van der Waals surface area contributed by atoms with Gasteiger partial charge in [0.15, 0.2) is 6.61 Å². The van der Waals surface area contributed by atoms with Crippen molar-refractivity contribution in [2.24, 2.45) is 0 Å². The molecule has 0 saturated heterocycles. The fourth-order valence-corrected chi connectivity index (χ4v) is 2.17. The van der Waals surface area contributed by atoms with Crippen LogP contribution in [0.25, 0.3) is 0 Å². The zero-order valence-corrected chi connectivity index (χ0v) is 14.7. The maximum atomic E-state index is 12.0. The molecule has 0 aliphatic rings. The third-order valence-corrected chi connectivity index (χ3v) is 3.57. The van der Waals surface area contributed by atoms with Gasteiger partial charge in [-0.1, -0.05) is 17.7 Å². The van der Waals surface area contributed by atoms with Crippen LogP contribution in [0.15, 0.2) is 48.5 Å². The Kier molecular flexibility index (Phi) is 6.65. The minimum Gasteiger partial charge on any atom is -0.497 e. The number of methoxy groups -OCH3 is 1. The van der Waals surface area contributed by atoms with E-state index in [2.05, 4.69) is 5.32 Å². The smallest absolute Gasteiger partial charge is 0.260 e. The fraction of sp³-hybridized carbons (Fsp3) is 0.222. The average Bonchev–Trinajstić information content (AvgIpc) is 2.60. The molecule has 0 heterocycles. The van der Waals surface area contributed by atoms with Crippen molar-refractivity contribution in [1.29, 1.82) is 0 Å². The summed E-state index contributed by atoms with van der Waals surface area (Å²) in [6.45, 7) is -0.254. The summed E-state index contributed by atoms with van der Waals surface area (Å²) in [6, 6.07) is 13.7. The lowest BCUT2D eigenvalue weighted by Crippen LogP contribution is -2.37. The second-order valence-electron chi connectivity index (χ2n) is 5.27. The van der Waals surface area contributed by atoms with Gasteiger partial charge in [-0.15, -0.1) is 0 Å². The number of rotatable bonds is 7. The van der Waals surface area contributed by atoms with Crippen LogP contribution in [0, 0.1) is 0 Å². The Labute approximate surface area is 151 Å². The quantitative estimate of drug-likeness (QED) is 0.822. The number of nitrogens with one attached hydrogen (secondary N) is 1. The highest BCUT2D eigenvalue weighted by atomic mass is 35.5. The van der Waals surface area contributed by atoms with Gasteiger partial charge in [0.2, 0.25) is 5.91 Å². The van der Waals surface area contributed by atoms with Gasteiger partial charge < -0.3 is 19.7 Å². The standard InChI is InChI=1S/C18H19ClN2O4/c1-21(18(23)12-25-16-5-3-4-13(19)10-16)11-17(22)20-14-6-8-15(24-2)9-7-14/h3-10H,11-12H2,1-2H3,(H,20,22). The molecule has 2 aromatic rings. The van der Waals surface area contributed by atoms with Gasteiger partial charge in [-0.05, 0) is 42.5 Å². The third kappa shape index (κ3) is 6.00. The fourth-order valence-electron chi connectivity index (χ4n) is 1.99. The summed E-state index contributed by atoms with van der Waals surface area (Å²) < 4.78 is 10.4. The predicted molar refractivity (Wildman–Crippen MR) is 96.2 cm³/mol. The largest absolute Gasteiger partial charge is 0.497 e. The monoisotopic (exact) mass is 362 g/mol. The minimum absolute atomic E-state index is 0.0796. The van der Waals surface area contributed by atoms with Crippen LogP contribution < -0.4 is 14.8 Å². The first-order valence-electron chi connectivity index (χ1n) is 7.54. The van der Waals surface area contributed by atoms with E-state index in [4.69, 9.17) is 21.1 Å². The molecule has 0 atom stereocenters. The minimum atomic E-state index is -0.315. The maximum Gasteiger partial charge on any atom is 0.260 e. The van der Waals surface area contributed by atoms with Gasteiger partial charge in [-0.3, -0.25) is 9.59 Å². The van der Waals surface area contributed by atoms with Gasteiger partial charge in [0.1, 0.15) is 11.5 Å². The zero-order valence-electron chi connectivity index (χ0n) is 14.0. The van der Waals surface area contributed by atoms with Crippen LogP contribution in [0.5, 0.6) is 11.5 Å². The van der Waals surface area contributed by atoms with Crippen molar-refractivity contribution in [3.63, 3.8) is 0 Å². The van der Waals surface area contributed by atoms with Crippen LogP contribution in [0.4, 0.5) is 5.69 Å². The normalized spacial score (nSPS) is 10.0. The van der Waals surface area contributed by atoms with E-state index in [9.17, 15) is 9.59 Å². The molecule has 0 unspecified atom stereocenters. The van der Waals surface area contributed by atoms with E-state index in [1.165, 1.54) is 11.9 Å². The molecule has 0 radical (unpaired) electrons. The first kappa shape index (κ1) is 18.6. The summed E-state index contributed by atoms with van der Waals surface area (Å²) in [5.74, 6) is 0.578. The molecule has 0 aliphatic carbocycles. The van der Waals surface area contributed by atoms with E-state index in [1.807, 2.05) is 0 Å². The van der Waals surface area contributed by atoms with E-state index >= 15 is 0 Å². The summed E-state index contributed by atoms with van der Waals surface area (Å²) in [5, 5.41) is 3.24. The van der Waals surface area contributed by atoms with Crippen LogP contribution in [-0.4, -0.2) is 44.0 Å². The molecule has 132 valence electrons. The van der Waals surface area contributed by atoms with E-state index in [0.29, 0.717) is 22.2 Å². The Balaban J connectivity index is 1.80. The van der Waals surface area contributed by atoms with Crippen LogP contribution in [0.1, 0.15) is 0 Å². The lowest BCUT2D eigenvalue weighted by molar-refractivity contribution is -0.135. The molecule has 2 amide bonds. The molecule has 1 N–H and O–H groups in total. The van der Waals surface area contributed by atoms with Crippen LogP contribution in [-0.2, 0) is 9.59 Å². The van der Waals surface area contributed by atoms with Crippen molar-refractivity contribution in [3.05, 3.63) is 53.6 Å². The van der Waals surface area contributed by atoms with Crippen LogP contribution >= 0.6 is 11.6 Å². The van der Waals surface area contributed by atoms with Gasteiger partial charge in [-0.25, -0.2) is 0 Å². The van der Waals surface area contributed by atoms with Crippen molar-refractivity contribution in [1.82, 2.24) is 4.90 Å². The molecule has 6 nitrogen and oxygen atoms in total. The summed E-state index contributed by atoms with van der Waals surface area (Å²) in [6.07, 6.45) is 0. The average molecular weight is 363 g/mol. The van der Waals surface area contributed by atoms with Crippen molar-refractivity contribution >= 4 is 29.1 Å². The number of carbonyl (C=O) groups excluding carboxylic acids is 2. The lowest BCUT2D eigenvalue weighted by atomic mass is 10.3. The van der Waals surface area contributed by atoms with Crippen LogP contribution in [0.2, 0.25) is 5.02 Å². The number of anilines is 1. The number of amides is 2. The molecule has 0 aliphatic heterocycles. The van der Waals surface area contributed by atoms with Gasteiger partial charge in [0.05, 0.1) is 13.7 Å². The Hall–Kier alpha value is -2.73. The van der Waals surface area contributed by atoms with E-state index in [-0.39, 0.29) is 25.0 Å². The van der Waals surface area contributed by atoms with Crippen molar-refractivity contribution in [2.75, 3.05) is 32.6 Å². The number of hydrogen-bond acceptors (Lipinski definition) is 4. The molecule has 2 rings (SSSR count). The number of ether oxygens (including phenoxy) is 2. The predicted octanol–water partition coefficient (Wildman–Crippen LogP) is 2.82. The number of nitrogens with zero attached hydrogens (tertiary/aromatic N) is 1. The van der Waals surface area contributed by atoms with Gasteiger partial charge in [0.25, 0.3) is 5.91 Å². The molecule has 25 heavy (non-hydrogen) atoms. The summed E-state index contributed by atoms with van der Waals surface area (Å²) >= 11 is 5.85. The Morgan fingerprint density at radius 3 is 2.48 bits per heavy atom. The number of likely N-dealkylation sites (N-methyl/N-ethyl adjacent to an activating group) is 1. The highest BCUT2D eigenvalue weighted by molar-refractivity contribution is 6.30. The second-order valence-corrected chi connectivity index (χ2v) is 5.71. The van der Waals surface area contributed by atoms with Gasteiger partial charge in [-0.2, -0.15) is 0 Å². The molecule has 2 aromatic carbocycles. The number of halogens is 1. The number of benzene rings is 2. The zero-order chi connectivity index (χ0) is 18.2. The summed E-state index contributed by atoms with van der Waals surface area (Å²) in [7, 11) is 3.11. The molecule has 0 saturated carbocycles. The lowest BCUT2D eigenvalue weighted by Gasteiger charge is -2.17. The first-order chi connectivity index (χ1) is 12.0. The second kappa shape index (κ2) is 8.94. The van der Waals surface area contributed by atoms with Gasteiger partial charge in [0, 0.05) is 17.8 Å². The molecule has 0 spiro atoms. The van der Waals surface area contributed by atoms with Crippen LogP contribution in [0.3, 0.4) is 0 Å². The third-order valence-electron chi connectivity index (χ3n) is 3.34. The maximum absolute atomic E-state index is 12.0. The Bertz CT molecular complexity index is 734. The summed E-state index contributed by atoms with van der Waals surface area (Å²) in [4.78, 5) is 25.3. The van der Waals surface area contributed by atoms with E-state index < -0.39 is 0 Å². The topological polar surface area (TPSA) is 67.9 Å². The van der Waals surface area contributed by atoms with E-state index in [0.717, 1.165) is 0 Å².